The van der Waals surface area contributed by atoms with Crippen molar-refractivity contribution in [3.63, 3.8) is 0 Å². The van der Waals surface area contributed by atoms with E-state index in [2.05, 4.69) is 20.9 Å². The zero-order valence-corrected chi connectivity index (χ0v) is 27.8. The predicted molar refractivity (Wildman–Crippen MR) is 173 cm³/mol. The lowest BCUT2D eigenvalue weighted by atomic mass is 9.96. The van der Waals surface area contributed by atoms with Gasteiger partial charge in [0.1, 0.15) is 12.6 Å². The first-order valence-corrected chi connectivity index (χ1v) is 15.8. The summed E-state index contributed by atoms with van der Waals surface area (Å²) in [5.74, 6) is 0.328. The molecule has 0 unspecified atom stereocenters. The van der Waals surface area contributed by atoms with Crippen molar-refractivity contribution in [2.75, 3.05) is 13.7 Å². The minimum Gasteiger partial charge on any atom is -0.493 e. The first-order chi connectivity index (χ1) is 20.6. The molecule has 0 saturated carbocycles. The molecule has 2 heterocycles. The molecular weight excluding hydrogens is 699 g/mol. The number of rotatable bonds is 8. The molecule has 0 saturated heterocycles. The fourth-order valence-corrected chi connectivity index (χ4v) is 6.76. The highest BCUT2D eigenvalue weighted by Crippen LogP contribution is 2.37. The fraction of sp³-hybridized carbons (Fsp3) is 0.194. The summed E-state index contributed by atoms with van der Waals surface area (Å²) in [6.07, 6.45) is 1.72. The van der Waals surface area contributed by atoms with Gasteiger partial charge in [0, 0.05) is 15.1 Å². The number of nitrogens with zero attached hydrogens (tertiary/aromatic N) is 2. The fourth-order valence-electron chi connectivity index (χ4n) is 4.71. The van der Waals surface area contributed by atoms with E-state index in [0.29, 0.717) is 52.7 Å². The molecule has 1 aliphatic rings. The molecular formula is C31H24BrCl3N2O5S. The van der Waals surface area contributed by atoms with Gasteiger partial charge in [-0.15, -0.1) is 0 Å². The molecule has 0 aliphatic carbocycles. The molecule has 0 bridgehead atoms. The molecule has 5 rings (SSSR count). The van der Waals surface area contributed by atoms with E-state index in [4.69, 9.17) is 49.0 Å². The molecule has 7 nitrogen and oxygen atoms in total. The number of allylic oxidation sites excluding steroid dienone is 1. The summed E-state index contributed by atoms with van der Waals surface area (Å²) in [4.78, 5) is 32.3. The summed E-state index contributed by atoms with van der Waals surface area (Å²) in [5, 5.41) is 1.27. The van der Waals surface area contributed by atoms with Crippen LogP contribution >= 0.6 is 62.1 Å². The van der Waals surface area contributed by atoms with E-state index in [1.807, 2.05) is 12.1 Å². The Bertz CT molecular complexity index is 1950. The van der Waals surface area contributed by atoms with Crippen molar-refractivity contribution < 1.29 is 19.0 Å². The number of thiazole rings is 1. The predicted octanol–water partition coefficient (Wildman–Crippen LogP) is 7.11. The molecule has 4 aromatic rings. The van der Waals surface area contributed by atoms with Crippen molar-refractivity contribution in [1.82, 2.24) is 4.57 Å². The maximum atomic E-state index is 14.1. The van der Waals surface area contributed by atoms with Gasteiger partial charge in [-0.1, -0.05) is 86.3 Å². The van der Waals surface area contributed by atoms with Gasteiger partial charge in [-0.05, 0) is 61.4 Å². The van der Waals surface area contributed by atoms with E-state index in [1.54, 1.807) is 62.4 Å². The van der Waals surface area contributed by atoms with Crippen LogP contribution in [0.5, 0.6) is 11.5 Å². The molecule has 43 heavy (non-hydrogen) atoms. The maximum Gasteiger partial charge on any atom is 0.338 e. The van der Waals surface area contributed by atoms with Crippen LogP contribution in [0.15, 0.2) is 80.1 Å². The van der Waals surface area contributed by atoms with Gasteiger partial charge in [0.2, 0.25) is 0 Å². The van der Waals surface area contributed by atoms with Crippen LogP contribution in [0.4, 0.5) is 0 Å². The number of esters is 1. The van der Waals surface area contributed by atoms with Gasteiger partial charge >= 0.3 is 5.97 Å². The number of methoxy groups -OCH3 is 1. The number of aromatic nitrogens is 1. The Labute approximate surface area is 274 Å². The van der Waals surface area contributed by atoms with Gasteiger partial charge in [0.25, 0.3) is 5.56 Å². The van der Waals surface area contributed by atoms with E-state index in [0.717, 1.165) is 10.0 Å². The van der Waals surface area contributed by atoms with Crippen molar-refractivity contribution in [2.24, 2.45) is 4.99 Å². The second-order valence-electron chi connectivity index (χ2n) is 9.39. The maximum absolute atomic E-state index is 14.1. The van der Waals surface area contributed by atoms with Crippen LogP contribution in [0.2, 0.25) is 15.1 Å². The molecule has 0 radical (unpaired) electrons. The third kappa shape index (κ3) is 6.42. The van der Waals surface area contributed by atoms with E-state index in [1.165, 1.54) is 23.0 Å². The van der Waals surface area contributed by atoms with Crippen LogP contribution in [-0.2, 0) is 16.1 Å². The van der Waals surface area contributed by atoms with E-state index in [9.17, 15) is 9.59 Å². The van der Waals surface area contributed by atoms with Crippen LogP contribution in [-0.4, -0.2) is 24.3 Å². The summed E-state index contributed by atoms with van der Waals surface area (Å²) in [6, 6.07) is 15.1. The SMILES string of the molecule is CCOC(=O)C1=C(C)N=c2s/c(=C\c3cc(Br)cc(OC)c3OCc3ccc(Cl)c(Cl)c3)c(=O)n2[C@H]1c1ccccc1Cl. The van der Waals surface area contributed by atoms with Crippen LogP contribution in [0.3, 0.4) is 0 Å². The van der Waals surface area contributed by atoms with E-state index >= 15 is 0 Å². The number of ether oxygens (including phenoxy) is 3. The zero-order valence-electron chi connectivity index (χ0n) is 23.1. The molecule has 1 aromatic heterocycles. The summed E-state index contributed by atoms with van der Waals surface area (Å²) < 4.78 is 19.8. The molecule has 222 valence electrons. The summed E-state index contributed by atoms with van der Waals surface area (Å²) in [6.45, 7) is 3.79. The molecule has 0 amide bonds. The third-order valence-corrected chi connectivity index (χ3v) is 9.16. The molecule has 1 aliphatic heterocycles. The normalized spacial score (nSPS) is 14.8. The van der Waals surface area contributed by atoms with Gasteiger partial charge in [0.05, 0.1) is 39.6 Å². The second kappa shape index (κ2) is 13.3. The van der Waals surface area contributed by atoms with Crippen LogP contribution in [0.1, 0.15) is 36.6 Å². The molecule has 1 atom stereocenters. The Balaban J connectivity index is 1.67. The Morgan fingerprint density at radius 2 is 1.86 bits per heavy atom. The summed E-state index contributed by atoms with van der Waals surface area (Å²) >= 11 is 23.6. The Kier molecular flexibility index (Phi) is 9.68. The largest absolute Gasteiger partial charge is 0.493 e. The Morgan fingerprint density at radius 3 is 2.56 bits per heavy atom. The smallest absolute Gasteiger partial charge is 0.338 e. The standard InChI is InChI=1S/C31H24BrCl3N2O5S/c1-4-41-30(39)26-16(2)36-31-37(27(26)20-7-5-6-8-21(20)33)29(38)25(43-31)13-18-12-19(32)14-24(40-3)28(18)42-15-17-9-10-22(34)23(35)11-17/h5-14,27H,4,15H2,1-3H3/b25-13-/t27-/m0/s1. The van der Waals surface area contributed by atoms with Gasteiger partial charge in [-0.25, -0.2) is 9.79 Å². The Morgan fingerprint density at radius 1 is 1.09 bits per heavy atom. The number of carbonyl (C=O) groups excluding carboxylic acids is 1. The zero-order chi connectivity index (χ0) is 30.8. The quantitative estimate of drug-likeness (QED) is 0.181. The second-order valence-corrected chi connectivity index (χ2v) is 12.5. The highest BCUT2D eigenvalue weighted by molar-refractivity contribution is 9.10. The monoisotopic (exact) mass is 720 g/mol. The lowest BCUT2D eigenvalue weighted by molar-refractivity contribution is -0.139. The first-order valence-electron chi connectivity index (χ1n) is 13.0. The molecule has 0 N–H and O–H groups in total. The highest BCUT2D eigenvalue weighted by atomic mass is 79.9. The molecule has 12 heteroatoms. The summed E-state index contributed by atoms with van der Waals surface area (Å²) in [7, 11) is 1.54. The van der Waals surface area contributed by atoms with Crippen molar-refractivity contribution in [2.45, 2.75) is 26.5 Å². The average molecular weight is 723 g/mol. The number of hydrogen-bond donors (Lipinski definition) is 0. The van der Waals surface area contributed by atoms with Crippen LogP contribution in [0.25, 0.3) is 6.08 Å². The van der Waals surface area contributed by atoms with Gasteiger partial charge < -0.3 is 14.2 Å². The lowest BCUT2D eigenvalue weighted by Gasteiger charge is -2.25. The number of benzene rings is 3. The highest BCUT2D eigenvalue weighted by Gasteiger charge is 2.34. The van der Waals surface area contributed by atoms with E-state index in [-0.39, 0.29) is 24.3 Å². The minimum absolute atomic E-state index is 0.172. The minimum atomic E-state index is -0.825. The number of hydrogen-bond acceptors (Lipinski definition) is 7. The van der Waals surface area contributed by atoms with Gasteiger partial charge in [0.15, 0.2) is 16.3 Å². The van der Waals surface area contributed by atoms with Crippen molar-refractivity contribution >= 4 is 74.1 Å². The van der Waals surface area contributed by atoms with Gasteiger partial charge in [-0.2, -0.15) is 0 Å². The van der Waals surface area contributed by atoms with Crippen molar-refractivity contribution in [3.8, 4) is 11.5 Å². The molecule has 3 aromatic carbocycles. The number of carbonyl (C=O) groups is 1. The topological polar surface area (TPSA) is 79.1 Å². The van der Waals surface area contributed by atoms with Crippen molar-refractivity contribution in [3.05, 3.63) is 122 Å². The number of halogens is 4. The summed E-state index contributed by atoms with van der Waals surface area (Å²) in [5.41, 5.74) is 2.33. The Hall–Kier alpha value is -3.08. The lowest BCUT2D eigenvalue weighted by Crippen LogP contribution is -2.40. The third-order valence-electron chi connectivity index (χ3n) is 6.64. The first kappa shape index (κ1) is 31.3. The van der Waals surface area contributed by atoms with Gasteiger partial charge in [-0.3, -0.25) is 9.36 Å². The molecule has 0 fully saturated rings. The van der Waals surface area contributed by atoms with E-state index < -0.39 is 12.0 Å². The van der Waals surface area contributed by atoms with Crippen molar-refractivity contribution in [1.29, 1.82) is 0 Å². The number of fused-ring (bicyclic) bond motifs is 1. The van der Waals surface area contributed by atoms with Crippen LogP contribution in [0, 0.1) is 0 Å². The average Bonchev–Trinajstić information content (AvgIpc) is 3.27. The molecule has 0 spiro atoms. The van der Waals surface area contributed by atoms with Crippen LogP contribution < -0.4 is 24.4 Å².